The Balaban J connectivity index is 1.83. The number of hydrogen-bond acceptors (Lipinski definition) is 3. The number of likely N-dealkylation sites (tertiary alicyclic amines) is 1. The van der Waals surface area contributed by atoms with Gasteiger partial charge in [0.15, 0.2) is 0 Å². The summed E-state index contributed by atoms with van der Waals surface area (Å²) in [5.41, 5.74) is 0.767. The van der Waals surface area contributed by atoms with Crippen molar-refractivity contribution in [1.29, 1.82) is 0 Å². The minimum absolute atomic E-state index is 0.0265. The maximum absolute atomic E-state index is 13.9. The number of rotatable bonds is 4. The molecule has 1 aromatic heterocycles. The molecule has 0 radical (unpaired) electrons. The van der Waals surface area contributed by atoms with E-state index in [1.165, 1.54) is 6.07 Å². The summed E-state index contributed by atoms with van der Waals surface area (Å²) in [4.78, 5) is 18.6. The van der Waals surface area contributed by atoms with Crippen LogP contribution in [0, 0.1) is 17.6 Å². The number of pyridine rings is 1. The SMILES string of the molecule is COCC1CN(C(=O)c2ccc(F)cc2F)CC1c1ccccn1. The van der Waals surface area contributed by atoms with Crippen LogP contribution in [0.5, 0.6) is 0 Å². The number of aromatic nitrogens is 1. The molecule has 0 N–H and O–H groups in total. The van der Waals surface area contributed by atoms with Gasteiger partial charge in [0.05, 0.1) is 12.2 Å². The summed E-state index contributed by atoms with van der Waals surface area (Å²) in [6, 6.07) is 8.66. The van der Waals surface area contributed by atoms with E-state index in [0.29, 0.717) is 19.7 Å². The first-order valence-corrected chi connectivity index (χ1v) is 7.74. The van der Waals surface area contributed by atoms with Crippen LogP contribution in [0.2, 0.25) is 0 Å². The summed E-state index contributed by atoms with van der Waals surface area (Å²) < 4.78 is 32.2. The van der Waals surface area contributed by atoms with Gasteiger partial charge in [-0.2, -0.15) is 0 Å². The first kappa shape index (κ1) is 16.5. The minimum atomic E-state index is -0.843. The molecule has 2 aromatic rings. The van der Waals surface area contributed by atoms with Crippen LogP contribution in [0.3, 0.4) is 0 Å². The van der Waals surface area contributed by atoms with Gasteiger partial charge in [-0.1, -0.05) is 6.07 Å². The van der Waals surface area contributed by atoms with E-state index in [9.17, 15) is 13.6 Å². The Morgan fingerprint density at radius 1 is 1.29 bits per heavy atom. The molecule has 0 saturated carbocycles. The normalized spacial score (nSPS) is 20.4. The standard InChI is InChI=1S/C18H18F2N2O2/c1-24-11-12-9-22(10-15(12)17-4-2-3-7-21-17)18(23)14-6-5-13(19)8-16(14)20/h2-8,12,15H,9-11H2,1H3. The maximum Gasteiger partial charge on any atom is 0.256 e. The quantitative estimate of drug-likeness (QED) is 0.865. The van der Waals surface area contributed by atoms with E-state index in [2.05, 4.69) is 4.98 Å². The second-order valence-corrected chi connectivity index (χ2v) is 5.91. The Morgan fingerprint density at radius 3 is 2.79 bits per heavy atom. The number of carbonyl (C=O) groups excluding carboxylic acids is 1. The first-order valence-electron chi connectivity index (χ1n) is 7.74. The molecule has 4 nitrogen and oxygen atoms in total. The first-order chi connectivity index (χ1) is 11.6. The number of amides is 1. The second-order valence-electron chi connectivity index (χ2n) is 5.91. The molecule has 2 atom stereocenters. The summed E-state index contributed by atoms with van der Waals surface area (Å²) in [7, 11) is 1.61. The second kappa shape index (κ2) is 7.05. The van der Waals surface area contributed by atoms with Gasteiger partial charge >= 0.3 is 0 Å². The van der Waals surface area contributed by atoms with Gasteiger partial charge in [-0.05, 0) is 24.3 Å². The lowest BCUT2D eigenvalue weighted by molar-refractivity contribution is 0.0770. The lowest BCUT2D eigenvalue weighted by atomic mass is 9.93. The molecule has 1 amide bonds. The predicted octanol–water partition coefficient (Wildman–Crippen LogP) is 2.86. The zero-order valence-corrected chi connectivity index (χ0v) is 13.3. The molecule has 0 bridgehead atoms. The van der Waals surface area contributed by atoms with E-state index >= 15 is 0 Å². The predicted molar refractivity (Wildman–Crippen MR) is 84.6 cm³/mol. The molecule has 2 heterocycles. The maximum atomic E-state index is 13.9. The van der Waals surface area contributed by atoms with E-state index in [1.54, 1.807) is 18.2 Å². The molecule has 1 aromatic carbocycles. The van der Waals surface area contributed by atoms with Crippen LogP contribution in [0.1, 0.15) is 22.0 Å². The number of nitrogens with zero attached hydrogens (tertiary/aromatic N) is 2. The highest BCUT2D eigenvalue weighted by Crippen LogP contribution is 2.32. The average molecular weight is 332 g/mol. The van der Waals surface area contributed by atoms with Crippen molar-refractivity contribution in [3.05, 3.63) is 65.5 Å². The molecule has 126 valence electrons. The number of halogens is 2. The summed E-state index contributed by atoms with van der Waals surface area (Å²) in [6.45, 7) is 1.36. The third kappa shape index (κ3) is 3.28. The Kier molecular flexibility index (Phi) is 4.85. The molecule has 2 unspecified atom stereocenters. The van der Waals surface area contributed by atoms with E-state index in [4.69, 9.17) is 4.74 Å². The fourth-order valence-corrected chi connectivity index (χ4v) is 3.18. The van der Waals surface area contributed by atoms with Gasteiger partial charge in [-0.25, -0.2) is 8.78 Å². The number of methoxy groups -OCH3 is 1. The van der Waals surface area contributed by atoms with E-state index in [1.807, 2.05) is 18.2 Å². The number of carbonyl (C=O) groups is 1. The van der Waals surface area contributed by atoms with Crippen molar-refractivity contribution in [1.82, 2.24) is 9.88 Å². The average Bonchev–Trinajstić information content (AvgIpc) is 2.99. The highest BCUT2D eigenvalue weighted by atomic mass is 19.1. The van der Waals surface area contributed by atoms with Gasteiger partial charge in [-0.15, -0.1) is 0 Å². The molecule has 1 fully saturated rings. The number of hydrogen-bond donors (Lipinski definition) is 0. The van der Waals surface area contributed by atoms with Crippen LogP contribution in [0.15, 0.2) is 42.6 Å². The minimum Gasteiger partial charge on any atom is -0.384 e. The molecule has 0 aliphatic carbocycles. The topological polar surface area (TPSA) is 42.4 Å². The van der Waals surface area contributed by atoms with Crippen LogP contribution >= 0.6 is 0 Å². The molecule has 1 saturated heterocycles. The summed E-state index contributed by atoms with van der Waals surface area (Å²) in [6.07, 6.45) is 1.71. The van der Waals surface area contributed by atoms with Crippen LogP contribution < -0.4 is 0 Å². The van der Waals surface area contributed by atoms with Crippen LogP contribution in [-0.4, -0.2) is 42.6 Å². The summed E-state index contributed by atoms with van der Waals surface area (Å²) in [5.74, 6) is -1.87. The van der Waals surface area contributed by atoms with Gasteiger partial charge in [0.2, 0.25) is 0 Å². The Hall–Kier alpha value is -2.34. The lowest BCUT2D eigenvalue weighted by Gasteiger charge is -2.16. The molecular formula is C18H18F2N2O2. The zero-order valence-electron chi connectivity index (χ0n) is 13.3. The highest BCUT2D eigenvalue weighted by molar-refractivity contribution is 5.94. The fraction of sp³-hybridized carbons (Fsp3) is 0.333. The van der Waals surface area contributed by atoms with Crippen molar-refractivity contribution in [3.63, 3.8) is 0 Å². The smallest absolute Gasteiger partial charge is 0.256 e. The van der Waals surface area contributed by atoms with E-state index in [-0.39, 0.29) is 17.4 Å². The number of ether oxygens (including phenoxy) is 1. The van der Waals surface area contributed by atoms with Crippen LogP contribution in [-0.2, 0) is 4.74 Å². The van der Waals surface area contributed by atoms with Crippen molar-refractivity contribution in [2.75, 3.05) is 26.8 Å². The third-order valence-electron chi connectivity index (χ3n) is 4.34. The highest BCUT2D eigenvalue weighted by Gasteiger charge is 2.37. The van der Waals surface area contributed by atoms with Crippen molar-refractivity contribution in [2.45, 2.75) is 5.92 Å². The Bertz CT molecular complexity index is 724. The Morgan fingerprint density at radius 2 is 2.12 bits per heavy atom. The van der Waals surface area contributed by atoms with Crippen molar-refractivity contribution in [3.8, 4) is 0 Å². The molecule has 1 aliphatic rings. The van der Waals surface area contributed by atoms with E-state index < -0.39 is 17.5 Å². The van der Waals surface area contributed by atoms with Gasteiger partial charge in [0.1, 0.15) is 11.6 Å². The molecule has 0 spiro atoms. The van der Waals surface area contributed by atoms with Crippen molar-refractivity contribution < 1.29 is 18.3 Å². The number of benzene rings is 1. The summed E-state index contributed by atoms with van der Waals surface area (Å²) >= 11 is 0. The zero-order chi connectivity index (χ0) is 17.1. The van der Waals surface area contributed by atoms with Crippen molar-refractivity contribution in [2.24, 2.45) is 5.92 Å². The molecule has 6 heteroatoms. The van der Waals surface area contributed by atoms with Gasteiger partial charge in [-0.3, -0.25) is 9.78 Å². The molecule has 3 rings (SSSR count). The summed E-state index contributed by atoms with van der Waals surface area (Å²) in [5, 5.41) is 0. The molecular weight excluding hydrogens is 314 g/mol. The monoisotopic (exact) mass is 332 g/mol. The third-order valence-corrected chi connectivity index (χ3v) is 4.34. The van der Waals surface area contributed by atoms with Crippen LogP contribution in [0.4, 0.5) is 8.78 Å². The van der Waals surface area contributed by atoms with E-state index in [0.717, 1.165) is 17.8 Å². The fourth-order valence-electron chi connectivity index (χ4n) is 3.18. The van der Waals surface area contributed by atoms with Crippen LogP contribution in [0.25, 0.3) is 0 Å². The van der Waals surface area contributed by atoms with Gasteiger partial charge in [0, 0.05) is 50.0 Å². The van der Waals surface area contributed by atoms with Gasteiger partial charge < -0.3 is 9.64 Å². The van der Waals surface area contributed by atoms with Gasteiger partial charge in [0.25, 0.3) is 5.91 Å². The largest absolute Gasteiger partial charge is 0.384 e. The Labute approximate surface area is 139 Å². The molecule has 24 heavy (non-hydrogen) atoms. The lowest BCUT2D eigenvalue weighted by Crippen LogP contribution is -2.30. The molecule has 1 aliphatic heterocycles. The van der Waals surface area contributed by atoms with Crippen molar-refractivity contribution >= 4 is 5.91 Å².